The number of halogens is 1. The summed E-state index contributed by atoms with van der Waals surface area (Å²) in [5.41, 5.74) is 5.25. The summed E-state index contributed by atoms with van der Waals surface area (Å²) >= 11 is 0. The van der Waals surface area contributed by atoms with Crippen molar-refractivity contribution in [3.8, 4) is 11.5 Å². The maximum absolute atomic E-state index is 12.9. The van der Waals surface area contributed by atoms with Crippen LogP contribution in [0.5, 0.6) is 11.5 Å². The van der Waals surface area contributed by atoms with Gasteiger partial charge in [0, 0.05) is 18.7 Å². The fourth-order valence-corrected chi connectivity index (χ4v) is 5.04. The quantitative estimate of drug-likeness (QED) is 0.529. The van der Waals surface area contributed by atoms with Crippen LogP contribution < -0.4 is 19.9 Å². The zero-order valence-electron chi connectivity index (χ0n) is 14.8. The number of benzene rings is 1. The summed E-state index contributed by atoms with van der Waals surface area (Å²) in [4.78, 5) is 10.2. The molecule has 0 aromatic heterocycles. The van der Waals surface area contributed by atoms with Crippen LogP contribution in [0.15, 0.2) is 17.0 Å². The van der Waals surface area contributed by atoms with E-state index < -0.39 is 31.6 Å². The van der Waals surface area contributed by atoms with Crippen LogP contribution >= 0.6 is 12.4 Å². The summed E-state index contributed by atoms with van der Waals surface area (Å²) < 4.78 is 39.0. The first-order chi connectivity index (χ1) is 12.4. The van der Waals surface area contributed by atoms with E-state index >= 15 is 0 Å². The van der Waals surface area contributed by atoms with Crippen LogP contribution in [0.2, 0.25) is 0 Å². The highest BCUT2D eigenvalue weighted by Gasteiger charge is 2.34. The Morgan fingerprint density at radius 2 is 1.78 bits per heavy atom. The smallest absolute Gasteiger partial charge is 0.293 e. The summed E-state index contributed by atoms with van der Waals surface area (Å²) in [7, 11) is -4.14. The van der Waals surface area contributed by atoms with E-state index in [1.165, 1.54) is 0 Å². The molecule has 3 rings (SSSR count). The summed E-state index contributed by atoms with van der Waals surface area (Å²) in [5.74, 6) is 0.494. The fourth-order valence-electron chi connectivity index (χ4n) is 3.55. The van der Waals surface area contributed by atoms with Gasteiger partial charge in [-0.15, -0.1) is 12.4 Å². The third-order valence-corrected chi connectivity index (χ3v) is 6.41. The van der Waals surface area contributed by atoms with Crippen LogP contribution in [-0.2, 0) is 10.0 Å². The van der Waals surface area contributed by atoms with Gasteiger partial charge in [-0.3, -0.25) is 10.1 Å². The van der Waals surface area contributed by atoms with Gasteiger partial charge in [0.2, 0.25) is 10.0 Å². The van der Waals surface area contributed by atoms with Crippen molar-refractivity contribution in [1.29, 1.82) is 0 Å². The zero-order chi connectivity index (χ0) is 18.7. The van der Waals surface area contributed by atoms with Gasteiger partial charge in [-0.25, -0.2) is 13.1 Å². The highest BCUT2D eigenvalue weighted by molar-refractivity contribution is 7.89. The van der Waals surface area contributed by atoms with Crippen LogP contribution in [-0.4, -0.2) is 39.1 Å². The third kappa shape index (κ3) is 4.81. The molecule has 1 atom stereocenters. The molecule has 1 fully saturated rings. The fraction of sp³-hybridized carbons (Fsp3) is 0.625. The SMILES string of the molecule is Cl.NCC(NS(=O)(=O)c1cc2c(cc1[N+](=O)[O-])OCCO2)C1CCCCC1. The molecule has 1 saturated carbocycles. The Kier molecular flexibility index (Phi) is 7.26. The van der Waals surface area contributed by atoms with Crippen molar-refractivity contribution in [2.75, 3.05) is 19.8 Å². The molecular weight excluding hydrogens is 398 g/mol. The Morgan fingerprint density at radius 3 is 2.33 bits per heavy atom. The van der Waals surface area contributed by atoms with E-state index in [1.54, 1.807) is 0 Å². The molecule has 1 heterocycles. The zero-order valence-corrected chi connectivity index (χ0v) is 16.4. The number of nitrogens with two attached hydrogens (primary N) is 1. The topological polar surface area (TPSA) is 134 Å². The van der Waals surface area contributed by atoms with E-state index in [4.69, 9.17) is 15.2 Å². The number of rotatable bonds is 6. The molecule has 0 radical (unpaired) electrons. The lowest BCUT2D eigenvalue weighted by Crippen LogP contribution is -2.45. The van der Waals surface area contributed by atoms with Crippen molar-refractivity contribution in [3.05, 3.63) is 22.2 Å². The average Bonchev–Trinajstić information content (AvgIpc) is 2.65. The van der Waals surface area contributed by atoms with Crippen molar-refractivity contribution in [2.24, 2.45) is 11.7 Å². The van der Waals surface area contributed by atoms with E-state index in [-0.39, 0.29) is 49.6 Å². The van der Waals surface area contributed by atoms with E-state index in [9.17, 15) is 18.5 Å². The molecule has 1 unspecified atom stereocenters. The number of fused-ring (bicyclic) bond motifs is 1. The second-order valence-corrected chi connectivity index (χ2v) is 8.26. The molecule has 152 valence electrons. The number of nitro groups is 1. The first-order valence-corrected chi connectivity index (χ1v) is 10.2. The Hall–Kier alpha value is -1.62. The van der Waals surface area contributed by atoms with Gasteiger partial charge in [0.05, 0.1) is 11.0 Å². The first kappa shape index (κ1) is 21.7. The lowest BCUT2D eigenvalue weighted by molar-refractivity contribution is -0.388. The summed E-state index contributed by atoms with van der Waals surface area (Å²) in [6.07, 6.45) is 5.00. The predicted molar refractivity (Wildman–Crippen MR) is 101 cm³/mol. The number of hydrogen-bond acceptors (Lipinski definition) is 7. The molecule has 2 aliphatic rings. The Balaban J connectivity index is 0.00000261. The maximum Gasteiger partial charge on any atom is 0.293 e. The van der Waals surface area contributed by atoms with Crippen molar-refractivity contribution in [1.82, 2.24) is 4.72 Å². The van der Waals surface area contributed by atoms with Gasteiger partial charge in [-0.1, -0.05) is 19.3 Å². The molecule has 0 amide bonds. The molecule has 3 N–H and O–H groups in total. The van der Waals surface area contributed by atoms with Gasteiger partial charge in [-0.2, -0.15) is 0 Å². The highest BCUT2D eigenvalue weighted by Crippen LogP contribution is 2.39. The number of ether oxygens (including phenoxy) is 2. The molecule has 1 aromatic rings. The Bertz CT molecular complexity index is 783. The monoisotopic (exact) mass is 421 g/mol. The van der Waals surface area contributed by atoms with E-state index in [1.807, 2.05) is 0 Å². The van der Waals surface area contributed by atoms with Crippen LogP contribution in [0.4, 0.5) is 5.69 Å². The van der Waals surface area contributed by atoms with Crippen molar-refractivity contribution in [3.63, 3.8) is 0 Å². The number of sulfonamides is 1. The van der Waals surface area contributed by atoms with Crippen molar-refractivity contribution >= 4 is 28.1 Å². The van der Waals surface area contributed by atoms with Gasteiger partial charge >= 0.3 is 0 Å². The molecule has 0 spiro atoms. The normalized spacial score (nSPS) is 18.4. The molecule has 1 aromatic carbocycles. The summed E-state index contributed by atoms with van der Waals surface area (Å²) in [6.45, 7) is 0.652. The van der Waals surface area contributed by atoms with Crippen LogP contribution in [0, 0.1) is 16.0 Å². The molecule has 11 heteroatoms. The minimum Gasteiger partial charge on any atom is -0.486 e. The standard InChI is InChI=1S/C16H23N3O6S.ClH/c17-10-12(11-4-2-1-3-5-11)18-26(22,23)16-9-15-14(24-6-7-25-15)8-13(16)19(20)21;/h8-9,11-12,18H,1-7,10,17H2;1H. The maximum atomic E-state index is 12.9. The van der Waals surface area contributed by atoms with Crippen molar-refractivity contribution in [2.45, 2.75) is 43.0 Å². The van der Waals surface area contributed by atoms with Gasteiger partial charge in [-0.05, 0) is 18.8 Å². The Labute approximate surface area is 164 Å². The predicted octanol–water partition coefficient (Wildman–Crippen LogP) is 1.97. The molecule has 1 aliphatic heterocycles. The van der Waals surface area contributed by atoms with Crippen LogP contribution in [0.1, 0.15) is 32.1 Å². The minimum absolute atomic E-state index is 0. The Morgan fingerprint density at radius 1 is 1.19 bits per heavy atom. The molecule has 0 bridgehead atoms. The van der Waals surface area contributed by atoms with Gasteiger partial charge in [0.15, 0.2) is 16.4 Å². The van der Waals surface area contributed by atoms with Crippen LogP contribution in [0.3, 0.4) is 0 Å². The second kappa shape index (κ2) is 9.05. The first-order valence-electron chi connectivity index (χ1n) is 8.73. The molecule has 0 saturated heterocycles. The van der Waals surface area contributed by atoms with Gasteiger partial charge in [0.1, 0.15) is 13.2 Å². The van der Waals surface area contributed by atoms with Gasteiger partial charge < -0.3 is 15.2 Å². The minimum atomic E-state index is -4.14. The van der Waals surface area contributed by atoms with Crippen LogP contribution in [0.25, 0.3) is 0 Å². The van der Waals surface area contributed by atoms with E-state index in [2.05, 4.69) is 4.72 Å². The highest BCUT2D eigenvalue weighted by atomic mass is 35.5. The molecule has 27 heavy (non-hydrogen) atoms. The molecular formula is C16H24ClN3O6S. The van der Waals surface area contributed by atoms with Crippen molar-refractivity contribution < 1.29 is 22.8 Å². The average molecular weight is 422 g/mol. The van der Waals surface area contributed by atoms with E-state index in [0.717, 1.165) is 44.2 Å². The third-order valence-electron chi connectivity index (χ3n) is 4.89. The molecule has 9 nitrogen and oxygen atoms in total. The number of nitrogens with one attached hydrogen (secondary N) is 1. The lowest BCUT2D eigenvalue weighted by atomic mass is 9.84. The summed E-state index contributed by atoms with van der Waals surface area (Å²) in [5, 5.41) is 11.4. The second-order valence-electron chi connectivity index (χ2n) is 6.58. The lowest BCUT2D eigenvalue weighted by Gasteiger charge is -2.30. The largest absolute Gasteiger partial charge is 0.486 e. The number of nitrogens with zero attached hydrogens (tertiary/aromatic N) is 1. The van der Waals surface area contributed by atoms with E-state index in [0.29, 0.717) is 0 Å². The number of hydrogen-bond donors (Lipinski definition) is 2. The van der Waals surface area contributed by atoms with Gasteiger partial charge in [0.25, 0.3) is 5.69 Å². The summed E-state index contributed by atoms with van der Waals surface area (Å²) in [6, 6.07) is 1.80. The molecule has 1 aliphatic carbocycles. The number of nitro benzene ring substituents is 1.